The smallest absolute Gasteiger partial charge is 0.423 e. The van der Waals surface area contributed by atoms with E-state index in [1.807, 2.05) is 36.4 Å². The van der Waals surface area contributed by atoms with Gasteiger partial charge in [-0.2, -0.15) is 39.5 Å². The molecular weight excluding hydrogens is 740 g/mol. The molecule has 3 aromatic rings. The van der Waals surface area contributed by atoms with Crippen LogP contribution in [0, 0.1) is 3.91 Å². The first-order valence-corrected chi connectivity index (χ1v) is 17.6. The van der Waals surface area contributed by atoms with Crippen LogP contribution in [0.25, 0.3) is 0 Å². The molecule has 0 N–H and O–H groups in total. The number of benzene rings is 3. The predicted molar refractivity (Wildman–Crippen MR) is 150 cm³/mol. The highest BCUT2D eigenvalue weighted by Gasteiger charge is 2.63. The van der Waals surface area contributed by atoms with E-state index in [0.717, 1.165) is 0 Å². The number of carbonyl (C=O) groups excluding carboxylic acids is 1. The zero-order valence-electron chi connectivity index (χ0n) is 23.1. The van der Waals surface area contributed by atoms with Crippen molar-refractivity contribution in [3.63, 3.8) is 0 Å². The fourth-order valence-electron chi connectivity index (χ4n) is 3.08. The average molecular weight is 759 g/mol. The van der Waals surface area contributed by atoms with Crippen molar-refractivity contribution < 1.29 is 74.3 Å². The summed E-state index contributed by atoms with van der Waals surface area (Å²) in [5.74, 6) is 0.124. The first-order chi connectivity index (χ1) is 21.3. The summed E-state index contributed by atoms with van der Waals surface area (Å²) in [6.07, 6.45) is 0. The van der Waals surface area contributed by atoms with Crippen molar-refractivity contribution in [3.8, 4) is 5.75 Å². The zero-order valence-corrected chi connectivity index (χ0v) is 26.4. The lowest BCUT2D eigenvalue weighted by Crippen LogP contribution is -2.47. The number of rotatable bonds is 8. The van der Waals surface area contributed by atoms with E-state index in [2.05, 4.69) is 55.1 Å². The normalized spacial score (nSPS) is 13.1. The summed E-state index contributed by atoms with van der Waals surface area (Å²) in [7, 11) is -24.3. The predicted octanol–water partition coefficient (Wildman–Crippen LogP) is 6.50. The van der Waals surface area contributed by atoms with Crippen molar-refractivity contribution in [1.29, 1.82) is 0 Å². The van der Waals surface area contributed by atoms with Crippen molar-refractivity contribution in [1.82, 2.24) is 0 Å². The number of ether oxygens (including phenoxy) is 1. The molecule has 8 nitrogen and oxygen atoms in total. The van der Waals surface area contributed by atoms with Gasteiger partial charge in [0.1, 0.15) is 5.75 Å². The summed E-state index contributed by atoms with van der Waals surface area (Å²) < 4.78 is 173. The fourth-order valence-corrected chi connectivity index (χ4v) is 10.9. The second-order valence-electron chi connectivity index (χ2n) is 8.67. The quantitative estimate of drug-likeness (QED) is 0.0637. The van der Waals surface area contributed by atoms with Crippen LogP contribution in [0.5, 0.6) is 5.75 Å². The molecule has 0 spiro atoms. The molecule has 258 valence electrons. The second kappa shape index (κ2) is 14.3. The maximum Gasteiger partial charge on any atom is 0.470 e. The standard InChI is InChI=1S/C22H19O2S.C4F9O6S3/c1-17(2)22(23)24-18-13-15-21(16-14-18)25(19-9-5-3-6-10-19)20-11-7-4-8-12-20;5-2(6,7)20(14,15)1(21(16,17)3(8,9)10)22(18,19)4(11,12)13/h3-16H,1H2,2H3;/q+1;-1. The highest BCUT2D eigenvalue weighted by Crippen LogP contribution is 2.47. The third-order valence-corrected chi connectivity index (χ3v) is 14.5. The van der Waals surface area contributed by atoms with Gasteiger partial charge in [0.15, 0.2) is 44.2 Å². The highest BCUT2D eigenvalue weighted by atomic mass is 32.3. The van der Waals surface area contributed by atoms with E-state index in [-0.39, 0.29) is 10.9 Å². The summed E-state index contributed by atoms with van der Waals surface area (Å²) in [6.45, 7) is 5.24. The Morgan fingerprint density at radius 1 is 0.596 bits per heavy atom. The SMILES string of the molecule is C=C(C)C(=O)Oc1ccc([S+](c2ccccc2)c2ccccc2)cc1.O=S(=O)([C-](S(=O)(=O)C(F)(F)F)S(=O)(=O)C(F)(F)F)C(F)(F)F. The molecule has 0 atom stereocenters. The minimum Gasteiger partial charge on any atom is -0.423 e. The molecule has 0 amide bonds. The molecule has 0 aliphatic rings. The Morgan fingerprint density at radius 2 is 0.894 bits per heavy atom. The van der Waals surface area contributed by atoms with E-state index < -0.39 is 55.9 Å². The molecule has 3 aromatic carbocycles. The van der Waals surface area contributed by atoms with E-state index in [4.69, 9.17) is 4.74 Å². The van der Waals surface area contributed by atoms with Crippen LogP contribution in [0.2, 0.25) is 0 Å². The van der Waals surface area contributed by atoms with Crippen LogP contribution in [-0.4, -0.2) is 47.7 Å². The van der Waals surface area contributed by atoms with Gasteiger partial charge in [-0.05, 0) is 55.5 Å². The lowest BCUT2D eigenvalue weighted by atomic mass is 10.3. The van der Waals surface area contributed by atoms with Gasteiger partial charge in [-0.1, -0.05) is 43.0 Å². The van der Waals surface area contributed by atoms with Crippen LogP contribution < -0.4 is 4.74 Å². The molecule has 0 radical (unpaired) electrons. The summed E-state index contributed by atoms with van der Waals surface area (Å²) in [4.78, 5) is 15.3. The topological polar surface area (TPSA) is 129 Å². The van der Waals surface area contributed by atoms with Crippen molar-refractivity contribution in [3.05, 3.63) is 101 Å². The van der Waals surface area contributed by atoms with Crippen LogP contribution >= 0.6 is 0 Å². The zero-order chi connectivity index (χ0) is 36.2. The largest absolute Gasteiger partial charge is 0.470 e. The molecule has 0 aliphatic carbocycles. The molecule has 3 rings (SSSR count). The average Bonchev–Trinajstić information content (AvgIpc) is 2.93. The summed E-state index contributed by atoms with van der Waals surface area (Å²) in [6, 6.07) is 28.6. The Bertz CT molecular complexity index is 1750. The van der Waals surface area contributed by atoms with Gasteiger partial charge in [0.25, 0.3) is 0 Å². The molecule has 0 aromatic heterocycles. The van der Waals surface area contributed by atoms with Crippen molar-refractivity contribution >= 4 is 46.4 Å². The highest BCUT2D eigenvalue weighted by molar-refractivity contribution is 8.29. The van der Waals surface area contributed by atoms with Crippen molar-refractivity contribution in [2.75, 3.05) is 0 Å². The lowest BCUT2D eigenvalue weighted by molar-refractivity contribution is -0.130. The van der Waals surface area contributed by atoms with E-state index in [0.29, 0.717) is 11.3 Å². The van der Waals surface area contributed by atoms with Gasteiger partial charge >= 0.3 is 22.5 Å². The van der Waals surface area contributed by atoms with Gasteiger partial charge in [0.05, 0.1) is 14.8 Å². The molecule has 0 saturated carbocycles. The fraction of sp³-hybridized carbons (Fsp3) is 0.154. The third kappa shape index (κ3) is 9.08. The maximum atomic E-state index is 12.0. The number of halogens is 9. The van der Waals surface area contributed by atoms with E-state index in [1.54, 1.807) is 6.92 Å². The van der Waals surface area contributed by atoms with Crippen LogP contribution in [0.1, 0.15) is 6.92 Å². The van der Waals surface area contributed by atoms with E-state index >= 15 is 0 Å². The summed E-state index contributed by atoms with van der Waals surface area (Å²) in [5, 5.41) is 0. The van der Waals surface area contributed by atoms with Gasteiger partial charge in [-0.25, -0.2) is 4.79 Å². The number of hydrogen-bond donors (Lipinski definition) is 0. The molecule has 47 heavy (non-hydrogen) atoms. The molecule has 0 aliphatic heterocycles. The molecule has 0 bridgehead atoms. The lowest BCUT2D eigenvalue weighted by Gasteiger charge is -2.31. The Labute approximate surface area is 265 Å². The van der Waals surface area contributed by atoms with Gasteiger partial charge in [0.2, 0.25) is 0 Å². The number of sulfone groups is 3. The molecule has 21 heteroatoms. The minimum absolute atomic E-state index is 0.202. The number of hydrogen-bond acceptors (Lipinski definition) is 8. The second-order valence-corrected chi connectivity index (χ2v) is 17.1. The summed E-state index contributed by atoms with van der Waals surface area (Å²) in [5.41, 5.74) is -20.8. The number of carbonyl (C=O) groups is 1. The maximum absolute atomic E-state index is 12.0. The monoisotopic (exact) mass is 758 g/mol. The Hall–Kier alpha value is -3.56. The van der Waals surface area contributed by atoms with E-state index in [1.165, 1.54) is 14.7 Å². The van der Waals surface area contributed by atoms with Gasteiger partial charge < -0.3 is 4.74 Å². The Morgan fingerprint density at radius 3 is 1.17 bits per heavy atom. The van der Waals surface area contributed by atoms with Crippen LogP contribution in [0.3, 0.4) is 0 Å². The van der Waals surface area contributed by atoms with Crippen LogP contribution in [-0.2, 0) is 45.2 Å². The Balaban J connectivity index is 0.000000331. The minimum atomic E-state index is -8.02. The third-order valence-electron chi connectivity index (χ3n) is 5.15. The molecule has 0 unspecified atom stereocenters. The van der Waals surface area contributed by atoms with Crippen molar-refractivity contribution in [2.45, 2.75) is 38.1 Å². The molecular formula is C26H19F9O8S4. The van der Waals surface area contributed by atoms with Crippen molar-refractivity contribution in [2.24, 2.45) is 0 Å². The number of esters is 1. The van der Waals surface area contributed by atoms with Gasteiger partial charge in [-0.3, -0.25) is 25.3 Å². The summed E-state index contributed by atoms with van der Waals surface area (Å²) >= 11 is 0. The first-order valence-electron chi connectivity index (χ1n) is 11.9. The molecule has 0 heterocycles. The van der Waals surface area contributed by atoms with Gasteiger partial charge in [-0.15, -0.1) is 0 Å². The first kappa shape index (κ1) is 39.6. The molecule has 0 fully saturated rings. The Kier molecular flexibility index (Phi) is 12.0. The van der Waals surface area contributed by atoms with E-state index in [9.17, 15) is 69.6 Å². The number of alkyl halides is 9. The van der Waals surface area contributed by atoms with Crippen LogP contribution in [0.15, 0.2) is 112 Å². The molecule has 0 saturated heterocycles. The van der Waals surface area contributed by atoms with Crippen LogP contribution in [0.4, 0.5) is 39.5 Å². The van der Waals surface area contributed by atoms with Gasteiger partial charge in [0, 0.05) is 5.57 Å².